The van der Waals surface area contributed by atoms with Gasteiger partial charge in [0.25, 0.3) is 5.91 Å². The molecule has 0 atom stereocenters. The van der Waals surface area contributed by atoms with Crippen molar-refractivity contribution in [1.82, 2.24) is 20.2 Å². The maximum Gasteiger partial charge on any atom is 0.251 e. The summed E-state index contributed by atoms with van der Waals surface area (Å²) in [5.74, 6) is -0.150. The van der Waals surface area contributed by atoms with Crippen LogP contribution in [0.15, 0.2) is 48.5 Å². The molecule has 2 aromatic carbocycles. The zero-order valence-corrected chi connectivity index (χ0v) is 15.0. The number of carbonyl (C=O) groups excluding carboxylic acids is 2. The number of aromatic nitrogens is 2. The molecule has 140 valence electrons. The van der Waals surface area contributed by atoms with Gasteiger partial charge in [-0.15, -0.1) is 0 Å². The van der Waals surface area contributed by atoms with Gasteiger partial charge in [-0.05, 0) is 49.7 Å². The Morgan fingerprint density at radius 2 is 1.81 bits per heavy atom. The summed E-state index contributed by atoms with van der Waals surface area (Å²) in [5.41, 5.74) is 2.35. The SMILES string of the molecule is Cc1nc2ccccc2n1CCCNC(=O)CNC(=O)c1ccc(F)cc1. The molecular weight excluding hydrogens is 347 g/mol. The zero-order chi connectivity index (χ0) is 19.2. The lowest BCUT2D eigenvalue weighted by Crippen LogP contribution is -2.37. The van der Waals surface area contributed by atoms with Gasteiger partial charge in [0.2, 0.25) is 5.91 Å². The van der Waals surface area contributed by atoms with Crippen LogP contribution in [0.2, 0.25) is 0 Å². The van der Waals surface area contributed by atoms with Gasteiger partial charge in [-0.2, -0.15) is 0 Å². The highest BCUT2D eigenvalue weighted by Crippen LogP contribution is 2.15. The number of imidazole rings is 1. The van der Waals surface area contributed by atoms with Gasteiger partial charge in [0, 0.05) is 18.7 Å². The van der Waals surface area contributed by atoms with Gasteiger partial charge in [-0.25, -0.2) is 9.37 Å². The number of amides is 2. The van der Waals surface area contributed by atoms with Gasteiger partial charge in [0.1, 0.15) is 11.6 Å². The van der Waals surface area contributed by atoms with Gasteiger partial charge in [0.05, 0.1) is 17.6 Å². The first kappa shape index (κ1) is 18.6. The second kappa shape index (κ2) is 8.44. The van der Waals surface area contributed by atoms with E-state index in [0.29, 0.717) is 12.1 Å². The predicted octanol–water partition coefficient (Wildman–Crippen LogP) is 2.42. The Balaban J connectivity index is 1.41. The first-order valence-corrected chi connectivity index (χ1v) is 8.77. The Morgan fingerprint density at radius 3 is 2.59 bits per heavy atom. The fourth-order valence-corrected chi connectivity index (χ4v) is 2.87. The van der Waals surface area contributed by atoms with Gasteiger partial charge < -0.3 is 15.2 Å². The van der Waals surface area contributed by atoms with Crippen molar-refractivity contribution < 1.29 is 14.0 Å². The topological polar surface area (TPSA) is 76.0 Å². The normalized spacial score (nSPS) is 10.7. The molecule has 3 aromatic rings. The largest absolute Gasteiger partial charge is 0.355 e. The van der Waals surface area contributed by atoms with Crippen LogP contribution in [-0.4, -0.2) is 34.5 Å². The van der Waals surface area contributed by atoms with E-state index in [1.165, 1.54) is 24.3 Å². The molecule has 6 nitrogen and oxygen atoms in total. The Morgan fingerprint density at radius 1 is 1.07 bits per heavy atom. The molecule has 0 saturated carbocycles. The molecule has 0 bridgehead atoms. The quantitative estimate of drug-likeness (QED) is 0.629. The van der Waals surface area contributed by atoms with E-state index in [1.54, 1.807) is 0 Å². The van der Waals surface area contributed by atoms with Crippen LogP contribution in [-0.2, 0) is 11.3 Å². The molecule has 0 spiro atoms. The number of hydrogen-bond acceptors (Lipinski definition) is 3. The van der Waals surface area contributed by atoms with Gasteiger partial charge in [-0.3, -0.25) is 9.59 Å². The van der Waals surface area contributed by atoms with Crippen molar-refractivity contribution in [3.05, 3.63) is 65.7 Å². The highest BCUT2D eigenvalue weighted by atomic mass is 19.1. The van der Waals surface area contributed by atoms with Crippen LogP contribution >= 0.6 is 0 Å². The average molecular weight is 368 g/mol. The van der Waals surface area contributed by atoms with E-state index in [4.69, 9.17) is 0 Å². The molecule has 0 saturated heterocycles. The number of rotatable bonds is 7. The Bertz CT molecular complexity index is 950. The van der Waals surface area contributed by atoms with Crippen molar-refractivity contribution in [1.29, 1.82) is 0 Å². The number of nitrogens with zero attached hydrogens (tertiary/aromatic N) is 2. The summed E-state index contributed by atoms with van der Waals surface area (Å²) in [7, 11) is 0. The number of aryl methyl sites for hydroxylation is 2. The fraction of sp³-hybridized carbons (Fsp3) is 0.250. The van der Waals surface area contributed by atoms with Crippen molar-refractivity contribution in [3.63, 3.8) is 0 Å². The van der Waals surface area contributed by atoms with E-state index < -0.39 is 11.7 Å². The number of hydrogen-bond donors (Lipinski definition) is 2. The number of benzene rings is 2. The van der Waals surface area contributed by atoms with E-state index >= 15 is 0 Å². The van der Waals surface area contributed by atoms with Crippen LogP contribution < -0.4 is 10.6 Å². The van der Waals surface area contributed by atoms with Crippen molar-refractivity contribution in [3.8, 4) is 0 Å². The van der Waals surface area contributed by atoms with Gasteiger partial charge in [0.15, 0.2) is 0 Å². The first-order chi connectivity index (χ1) is 13.0. The third-order valence-corrected chi connectivity index (χ3v) is 4.24. The molecule has 3 rings (SSSR count). The molecule has 0 aliphatic carbocycles. The second-order valence-corrected chi connectivity index (χ2v) is 6.19. The molecular formula is C20H21FN4O2. The average Bonchev–Trinajstić information content (AvgIpc) is 2.99. The molecule has 1 heterocycles. The summed E-state index contributed by atoms with van der Waals surface area (Å²) in [6.07, 6.45) is 0.749. The van der Waals surface area contributed by atoms with Crippen LogP contribution in [0.4, 0.5) is 4.39 Å². The molecule has 0 radical (unpaired) electrons. The van der Waals surface area contributed by atoms with Crippen molar-refractivity contribution >= 4 is 22.8 Å². The molecule has 7 heteroatoms. The lowest BCUT2D eigenvalue weighted by molar-refractivity contribution is -0.120. The van der Waals surface area contributed by atoms with E-state index in [2.05, 4.69) is 20.2 Å². The number of nitrogens with one attached hydrogen (secondary N) is 2. The molecule has 2 N–H and O–H groups in total. The smallest absolute Gasteiger partial charge is 0.251 e. The molecule has 0 unspecified atom stereocenters. The maximum absolute atomic E-state index is 12.8. The van der Waals surface area contributed by atoms with Crippen LogP contribution in [0.3, 0.4) is 0 Å². The van der Waals surface area contributed by atoms with Crippen molar-refractivity contribution in [2.75, 3.05) is 13.1 Å². The summed E-state index contributed by atoms with van der Waals surface area (Å²) in [6.45, 7) is 3.08. The number of para-hydroxylation sites is 2. The lowest BCUT2D eigenvalue weighted by Gasteiger charge is -2.09. The summed E-state index contributed by atoms with van der Waals surface area (Å²) >= 11 is 0. The molecule has 2 amide bonds. The molecule has 27 heavy (non-hydrogen) atoms. The Hall–Kier alpha value is -3.22. The number of halogens is 1. The standard InChI is InChI=1S/C20H21FN4O2/c1-14-24-17-5-2-3-6-18(17)25(14)12-4-11-22-19(26)13-23-20(27)15-7-9-16(21)10-8-15/h2-3,5-10H,4,11-13H2,1H3,(H,22,26)(H,23,27). The Kier molecular flexibility index (Phi) is 5.80. The first-order valence-electron chi connectivity index (χ1n) is 8.77. The summed E-state index contributed by atoms with van der Waals surface area (Å²) < 4.78 is 15.0. The maximum atomic E-state index is 12.8. The summed E-state index contributed by atoms with van der Waals surface area (Å²) in [5, 5.41) is 5.30. The van der Waals surface area contributed by atoms with Crippen LogP contribution in [0, 0.1) is 12.7 Å². The van der Waals surface area contributed by atoms with Gasteiger partial charge >= 0.3 is 0 Å². The van der Waals surface area contributed by atoms with E-state index in [1.807, 2.05) is 31.2 Å². The minimum absolute atomic E-state index is 0.122. The molecule has 1 aromatic heterocycles. The monoisotopic (exact) mass is 368 g/mol. The van der Waals surface area contributed by atoms with Crippen LogP contribution in [0.25, 0.3) is 11.0 Å². The third kappa shape index (κ3) is 4.69. The van der Waals surface area contributed by atoms with Crippen LogP contribution in [0.1, 0.15) is 22.6 Å². The van der Waals surface area contributed by atoms with Crippen molar-refractivity contribution in [2.45, 2.75) is 19.9 Å². The number of carbonyl (C=O) groups is 2. The summed E-state index contributed by atoms with van der Waals surface area (Å²) in [6, 6.07) is 13.1. The van der Waals surface area contributed by atoms with E-state index in [0.717, 1.165) is 29.8 Å². The summed E-state index contributed by atoms with van der Waals surface area (Å²) in [4.78, 5) is 28.3. The van der Waals surface area contributed by atoms with Crippen molar-refractivity contribution in [2.24, 2.45) is 0 Å². The molecule has 0 aliphatic heterocycles. The Labute approximate surface area is 156 Å². The highest BCUT2D eigenvalue weighted by Gasteiger charge is 2.09. The zero-order valence-electron chi connectivity index (χ0n) is 15.0. The molecule has 0 fully saturated rings. The van der Waals surface area contributed by atoms with Crippen LogP contribution in [0.5, 0.6) is 0 Å². The van der Waals surface area contributed by atoms with E-state index in [9.17, 15) is 14.0 Å². The highest BCUT2D eigenvalue weighted by molar-refractivity contribution is 5.96. The van der Waals surface area contributed by atoms with Gasteiger partial charge in [-0.1, -0.05) is 12.1 Å². The second-order valence-electron chi connectivity index (χ2n) is 6.19. The van der Waals surface area contributed by atoms with E-state index in [-0.39, 0.29) is 12.5 Å². The molecule has 0 aliphatic rings. The predicted molar refractivity (Wildman–Crippen MR) is 101 cm³/mol. The fourth-order valence-electron chi connectivity index (χ4n) is 2.87. The lowest BCUT2D eigenvalue weighted by atomic mass is 10.2. The third-order valence-electron chi connectivity index (χ3n) is 4.24. The number of fused-ring (bicyclic) bond motifs is 1. The minimum Gasteiger partial charge on any atom is -0.355 e. The minimum atomic E-state index is -0.412.